The minimum Gasteiger partial charge on any atom is -0.381 e. The van der Waals surface area contributed by atoms with Gasteiger partial charge in [0.05, 0.1) is 13.2 Å². The standard InChI is InChI=1S/C9H19NO2/c1-3-11-7-9(6-10-2)4-5-12-8-9/h10H,3-8H2,1-2H3. The second-order valence-electron chi connectivity index (χ2n) is 3.47. The van der Waals surface area contributed by atoms with E-state index in [4.69, 9.17) is 9.47 Å². The first-order valence-electron chi connectivity index (χ1n) is 4.63. The van der Waals surface area contributed by atoms with Crippen LogP contribution in [0.15, 0.2) is 0 Å². The molecule has 0 radical (unpaired) electrons. The minimum absolute atomic E-state index is 0.241. The first kappa shape index (κ1) is 9.96. The summed E-state index contributed by atoms with van der Waals surface area (Å²) in [4.78, 5) is 0. The predicted octanol–water partition coefficient (Wildman–Crippen LogP) is 0.649. The zero-order valence-electron chi connectivity index (χ0n) is 8.06. The largest absolute Gasteiger partial charge is 0.381 e. The third kappa shape index (κ3) is 2.44. The molecule has 0 aromatic carbocycles. The molecular weight excluding hydrogens is 154 g/mol. The maximum atomic E-state index is 5.45. The van der Waals surface area contributed by atoms with E-state index in [9.17, 15) is 0 Å². The van der Waals surface area contributed by atoms with Gasteiger partial charge in [-0.3, -0.25) is 0 Å². The van der Waals surface area contributed by atoms with Gasteiger partial charge >= 0.3 is 0 Å². The van der Waals surface area contributed by atoms with E-state index in [0.29, 0.717) is 0 Å². The molecule has 1 unspecified atom stereocenters. The summed E-state index contributed by atoms with van der Waals surface area (Å²) < 4.78 is 10.8. The third-order valence-electron chi connectivity index (χ3n) is 2.35. The van der Waals surface area contributed by atoms with Gasteiger partial charge in [-0.1, -0.05) is 0 Å². The number of nitrogens with one attached hydrogen (secondary N) is 1. The first-order chi connectivity index (χ1) is 5.83. The molecule has 1 fully saturated rings. The van der Waals surface area contributed by atoms with Crippen LogP contribution in [-0.2, 0) is 9.47 Å². The minimum atomic E-state index is 0.241. The molecule has 0 amide bonds. The Balaban J connectivity index is 2.35. The normalized spacial score (nSPS) is 29.5. The lowest BCUT2D eigenvalue weighted by Gasteiger charge is -2.26. The highest BCUT2D eigenvalue weighted by Crippen LogP contribution is 2.27. The molecule has 1 aliphatic heterocycles. The van der Waals surface area contributed by atoms with E-state index < -0.39 is 0 Å². The van der Waals surface area contributed by atoms with Crippen LogP contribution in [-0.4, -0.2) is 40.0 Å². The zero-order valence-corrected chi connectivity index (χ0v) is 8.06. The molecule has 1 heterocycles. The highest BCUT2D eigenvalue weighted by molar-refractivity contribution is 4.84. The molecule has 0 aromatic heterocycles. The Labute approximate surface area is 74.4 Å². The van der Waals surface area contributed by atoms with E-state index >= 15 is 0 Å². The fourth-order valence-electron chi connectivity index (χ4n) is 1.65. The Kier molecular flexibility index (Phi) is 3.98. The Morgan fingerprint density at radius 2 is 2.42 bits per heavy atom. The van der Waals surface area contributed by atoms with Gasteiger partial charge in [0.15, 0.2) is 0 Å². The van der Waals surface area contributed by atoms with E-state index in [-0.39, 0.29) is 5.41 Å². The van der Waals surface area contributed by atoms with Crippen molar-refractivity contribution in [2.24, 2.45) is 5.41 Å². The van der Waals surface area contributed by atoms with Crippen LogP contribution in [0, 0.1) is 5.41 Å². The molecule has 1 aliphatic rings. The average molecular weight is 173 g/mol. The highest BCUT2D eigenvalue weighted by Gasteiger charge is 2.34. The molecule has 1 N–H and O–H groups in total. The van der Waals surface area contributed by atoms with Gasteiger partial charge in [0, 0.05) is 25.2 Å². The van der Waals surface area contributed by atoms with Crippen molar-refractivity contribution in [1.29, 1.82) is 0 Å². The van der Waals surface area contributed by atoms with Crippen molar-refractivity contribution in [2.45, 2.75) is 13.3 Å². The highest BCUT2D eigenvalue weighted by atomic mass is 16.5. The van der Waals surface area contributed by atoms with Crippen molar-refractivity contribution in [3.05, 3.63) is 0 Å². The summed E-state index contributed by atoms with van der Waals surface area (Å²) >= 11 is 0. The van der Waals surface area contributed by atoms with E-state index in [2.05, 4.69) is 5.32 Å². The van der Waals surface area contributed by atoms with Gasteiger partial charge in [0.25, 0.3) is 0 Å². The van der Waals surface area contributed by atoms with E-state index in [1.165, 1.54) is 0 Å². The van der Waals surface area contributed by atoms with Gasteiger partial charge < -0.3 is 14.8 Å². The van der Waals surface area contributed by atoms with E-state index in [1.807, 2.05) is 14.0 Å². The van der Waals surface area contributed by atoms with Crippen molar-refractivity contribution in [3.8, 4) is 0 Å². The van der Waals surface area contributed by atoms with Crippen LogP contribution in [0.4, 0.5) is 0 Å². The number of rotatable bonds is 5. The fourth-order valence-corrected chi connectivity index (χ4v) is 1.65. The topological polar surface area (TPSA) is 30.5 Å². The maximum absolute atomic E-state index is 5.45. The molecule has 0 bridgehead atoms. The zero-order chi connectivity index (χ0) is 8.86. The molecule has 3 heteroatoms. The van der Waals surface area contributed by atoms with Crippen LogP contribution in [0.5, 0.6) is 0 Å². The number of hydrogen-bond acceptors (Lipinski definition) is 3. The summed E-state index contributed by atoms with van der Waals surface area (Å²) in [6.07, 6.45) is 1.12. The van der Waals surface area contributed by atoms with Gasteiger partial charge in [0.1, 0.15) is 0 Å². The summed E-state index contributed by atoms with van der Waals surface area (Å²) in [5, 5.41) is 3.20. The van der Waals surface area contributed by atoms with Crippen molar-refractivity contribution < 1.29 is 9.47 Å². The smallest absolute Gasteiger partial charge is 0.0557 e. The van der Waals surface area contributed by atoms with Gasteiger partial charge in [0.2, 0.25) is 0 Å². The third-order valence-corrected chi connectivity index (χ3v) is 2.35. The number of ether oxygens (including phenoxy) is 2. The van der Waals surface area contributed by atoms with E-state index in [1.54, 1.807) is 0 Å². The molecule has 12 heavy (non-hydrogen) atoms. The van der Waals surface area contributed by atoms with Gasteiger partial charge in [-0.25, -0.2) is 0 Å². The number of hydrogen-bond donors (Lipinski definition) is 1. The van der Waals surface area contributed by atoms with Crippen LogP contribution < -0.4 is 5.32 Å². The summed E-state index contributed by atoms with van der Waals surface area (Å²) in [5.41, 5.74) is 0.241. The molecule has 1 saturated heterocycles. The van der Waals surface area contributed by atoms with Gasteiger partial charge in [-0.05, 0) is 20.4 Å². The molecule has 1 atom stereocenters. The molecule has 72 valence electrons. The Hall–Kier alpha value is -0.120. The molecule has 0 spiro atoms. The SMILES string of the molecule is CCOCC1(CNC)CCOC1. The monoisotopic (exact) mass is 173 g/mol. The van der Waals surface area contributed by atoms with Crippen molar-refractivity contribution in [2.75, 3.05) is 40.0 Å². The van der Waals surface area contributed by atoms with Crippen LogP contribution >= 0.6 is 0 Å². The lowest BCUT2D eigenvalue weighted by Crippen LogP contribution is -2.37. The van der Waals surface area contributed by atoms with Crippen molar-refractivity contribution in [1.82, 2.24) is 5.32 Å². The second-order valence-corrected chi connectivity index (χ2v) is 3.47. The fraction of sp³-hybridized carbons (Fsp3) is 1.00. The Morgan fingerprint density at radius 1 is 1.58 bits per heavy atom. The quantitative estimate of drug-likeness (QED) is 0.662. The van der Waals surface area contributed by atoms with Crippen molar-refractivity contribution >= 4 is 0 Å². The summed E-state index contributed by atoms with van der Waals surface area (Å²) in [5.74, 6) is 0. The molecule has 0 aromatic rings. The average Bonchev–Trinajstić information content (AvgIpc) is 2.51. The van der Waals surface area contributed by atoms with Crippen molar-refractivity contribution in [3.63, 3.8) is 0 Å². The summed E-state index contributed by atoms with van der Waals surface area (Å²) in [6.45, 7) is 6.37. The van der Waals surface area contributed by atoms with E-state index in [0.717, 1.165) is 39.4 Å². The molecule has 0 saturated carbocycles. The van der Waals surface area contributed by atoms with Crippen LogP contribution in [0.1, 0.15) is 13.3 Å². The molecule has 0 aliphatic carbocycles. The summed E-state index contributed by atoms with van der Waals surface area (Å²) in [6, 6.07) is 0. The van der Waals surface area contributed by atoms with Crippen LogP contribution in [0.2, 0.25) is 0 Å². The Morgan fingerprint density at radius 3 is 2.92 bits per heavy atom. The predicted molar refractivity (Wildman–Crippen MR) is 48.3 cm³/mol. The van der Waals surface area contributed by atoms with Gasteiger partial charge in [-0.2, -0.15) is 0 Å². The molecular formula is C9H19NO2. The maximum Gasteiger partial charge on any atom is 0.0557 e. The molecule has 1 rings (SSSR count). The lowest BCUT2D eigenvalue weighted by atomic mass is 9.88. The lowest BCUT2D eigenvalue weighted by molar-refractivity contribution is 0.0410. The molecule has 3 nitrogen and oxygen atoms in total. The van der Waals surface area contributed by atoms with Crippen LogP contribution in [0.25, 0.3) is 0 Å². The van der Waals surface area contributed by atoms with Gasteiger partial charge in [-0.15, -0.1) is 0 Å². The first-order valence-corrected chi connectivity index (χ1v) is 4.63. The Bertz CT molecular complexity index is 122. The summed E-state index contributed by atoms with van der Waals surface area (Å²) in [7, 11) is 1.98. The van der Waals surface area contributed by atoms with Crippen LogP contribution in [0.3, 0.4) is 0 Å². The second kappa shape index (κ2) is 4.80.